The van der Waals surface area contributed by atoms with Gasteiger partial charge in [-0.1, -0.05) is 18.2 Å². The molecule has 1 aromatic heterocycles. The molecule has 1 atom stereocenters. The molecule has 134 valence electrons. The summed E-state index contributed by atoms with van der Waals surface area (Å²) in [4.78, 5) is 12.6. The van der Waals surface area contributed by atoms with E-state index >= 15 is 0 Å². The number of hydrogen-bond donors (Lipinski definition) is 1. The second-order valence-electron chi connectivity index (χ2n) is 5.82. The Morgan fingerprint density at radius 2 is 2.08 bits per heavy atom. The van der Waals surface area contributed by atoms with Gasteiger partial charge in [0.2, 0.25) is 5.91 Å². The van der Waals surface area contributed by atoms with Crippen LogP contribution in [0.2, 0.25) is 0 Å². The number of carbonyl (C=O) groups is 1. The van der Waals surface area contributed by atoms with E-state index in [4.69, 9.17) is 4.74 Å². The largest absolute Gasteiger partial charge is 0.495 e. The summed E-state index contributed by atoms with van der Waals surface area (Å²) in [6.07, 6.45) is 1.33. The highest BCUT2D eigenvalue weighted by molar-refractivity contribution is 7.91. The van der Waals surface area contributed by atoms with Crippen molar-refractivity contribution in [2.45, 2.75) is 17.1 Å². The van der Waals surface area contributed by atoms with Crippen LogP contribution in [-0.4, -0.2) is 38.8 Å². The molecule has 1 fully saturated rings. The number of carbonyl (C=O) groups excluding carboxylic acids is 1. The highest BCUT2D eigenvalue weighted by Gasteiger charge is 2.34. The molecule has 3 rings (SSSR count). The molecule has 1 amide bonds. The van der Waals surface area contributed by atoms with Crippen molar-refractivity contribution in [3.05, 3.63) is 41.8 Å². The maximum Gasteiger partial charge on any atom is 0.252 e. The molecule has 1 aliphatic heterocycles. The van der Waals surface area contributed by atoms with Crippen LogP contribution < -0.4 is 10.1 Å². The number of ether oxygens (including phenoxy) is 1. The van der Waals surface area contributed by atoms with Crippen molar-refractivity contribution in [2.75, 3.05) is 25.5 Å². The monoisotopic (exact) mass is 380 g/mol. The average molecular weight is 380 g/mol. The lowest BCUT2D eigenvalue weighted by Crippen LogP contribution is -2.43. The number of anilines is 1. The van der Waals surface area contributed by atoms with Crippen LogP contribution in [0.4, 0.5) is 5.69 Å². The summed E-state index contributed by atoms with van der Waals surface area (Å²) in [5.41, 5.74) is 0.591. The van der Waals surface area contributed by atoms with E-state index in [1.165, 1.54) is 15.6 Å². The van der Waals surface area contributed by atoms with Crippen molar-refractivity contribution in [2.24, 2.45) is 5.92 Å². The van der Waals surface area contributed by atoms with Crippen LogP contribution in [-0.2, 0) is 14.8 Å². The molecule has 0 saturated carbocycles. The van der Waals surface area contributed by atoms with E-state index in [1.54, 1.807) is 36.8 Å². The molecular formula is C17H20N2O4S2. The fourth-order valence-electron chi connectivity index (χ4n) is 2.89. The Balaban J connectivity index is 1.72. The number of piperidine rings is 1. The molecule has 1 aliphatic rings. The number of nitrogens with one attached hydrogen (secondary N) is 1. The van der Waals surface area contributed by atoms with Gasteiger partial charge < -0.3 is 10.1 Å². The number of methoxy groups -OCH3 is 1. The first kappa shape index (κ1) is 17.9. The number of benzene rings is 1. The Bertz CT molecular complexity index is 834. The fraction of sp³-hybridized carbons (Fsp3) is 0.353. The van der Waals surface area contributed by atoms with Crippen molar-refractivity contribution >= 4 is 33.0 Å². The summed E-state index contributed by atoms with van der Waals surface area (Å²) in [5.74, 6) is 0.0127. The number of rotatable bonds is 5. The molecule has 25 heavy (non-hydrogen) atoms. The predicted octanol–water partition coefficient (Wildman–Crippen LogP) is 2.80. The van der Waals surface area contributed by atoms with Gasteiger partial charge in [0.25, 0.3) is 10.0 Å². The Morgan fingerprint density at radius 1 is 1.28 bits per heavy atom. The molecule has 8 heteroatoms. The summed E-state index contributed by atoms with van der Waals surface area (Å²) in [6.45, 7) is 0.639. The molecule has 1 aromatic carbocycles. The molecule has 0 radical (unpaired) electrons. The minimum Gasteiger partial charge on any atom is -0.495 e. The van der Waals surface area contributed by atoms with Crippen molar-refractivity contribution in [3.63, 3.8) is 0 Å². The van der Waals surface area contributed by atoms with Gasteiger partial charge in [-0.25, -0.2) is 8.42 Å². The van der Waals surface area contributed by atoms with E-state index < -0.39 is 10.0 Å². The van der Waals surface area contributed by atoms with Gasteiger partial charge in [-0.3, -0.25) is 4.79 Å². The Labute approximate surface area is 151 Å². The zero-order valence-corrected chi connectivity index (χ0v) is 15.5. The molecule has 0 bridgehead atoms. The molecular weight excluding hydrogens is 360 g/mol. The van der Waals surface area contributed by atoms with E-state index in [9.17, 15) is 13.2 Å². The number of hydrogen-bond acceptors (Lipinski definition) is 5. The van der Waals surface area contributed by atoms with Gasteiger partial charge in [0, 0.05) is 13.1 Å². The van der Waals surface area contributed by atoms with Crippen LogP contribution in [0.15, 0.2) is 46.0 Å². The van der Waals surface area contributed by atoms with Crippen LogP contribution in [0.3, 0.4) is 0 Å². The third kappa shape index (κ3) is 3.86. The van der Waals surface area contributed by atoms with Gasteiger partial charge in [0.15, 0.2) is 0 Å². The van der Waals surface area contributed by atoms with Crippen LogP contribution in [0, 0.1) is 5.92 Å². The van der Waals surface area contributed by atoms with E-state index in [-0.39, 0.29) is 18.4 Å². The molecule has 2 heterocycles. The first-order valence-electron chi connectivity index (χ1n) is 8.00. The Morgan fingerprint density at radius 3 is 2.80 bits per heavy atom. The molecule has 0 aliphatic carbocycles. The number of sulfonamides is 1. The SMILES string of the molecule is COc1ccccc1NC(=O)C1CCCN(S(=O)(=O)c2cccs2)C1. The summed E-state index contributed by atoms with van der Waals surface area (Å²) in [6, 6.07) is 10.5. The third-order valence-corrected chi connectivity index (χ3v) is 7.45. The summed E-state index contributed by atoms with van der Waals surface area (Å²) in [7, 11) is -1.98. The Kier molecular flexibility index (Phi) is 5.41. The van der Waals surface area contributed by atoms with Crippen molar-refractivity contribution in [1.82, 2.24) is 4.31 Å². The zero-order valence-electron chi connectivity index (χ0n) is 13.8. The average Bonchev–Trinajstić information content (AvgIpc) is 3.18. The van der Waals surface area contributed by atoms with Crippen molar-refractivity contribution in [1.29, 1.82) is 0 Å². The maximum atomic E-state index is 12.7. The zero-order chi connectivity index (χ0) is 17.9. The lowest BCUT2D eigenvalue weighted by Gasteiger charge is -2.30. The summed E-state index contributed by atoms with van der Waals surface area (Å²) in [5, 5.41) is 4.59. The highest BCUT2D eigenvalue weighted by atomic mass is 32.2. The highest BCUT2D eigenvalue weighted by Crippen LogP contribution is 2.28. The van der Waals surface area contributed by atoms with Gasteiger partial charge in [0.1, 0.15) is 9.96 Å². The van der Waals surface area contributed by atoms with Gasteiger partial charge in [0.05, 0.1) is 18.7 Å². The second kappa shape index (κ2) is 7.55. The molecule has 6 nitrogen and oxygen atoms in total. The number of para-hydroxylation sites is 2. The lowest BCUT2D eigenvalue weighted by atomic mass is 9.98. The lowest BCUT2D eigenvalue weighted by molar-refractivity contribution is -0.120. The molecule has 1 saturated heterocycles. The first-order chi connectivity index (χ1) is 12.0. The second-order valence-corrected chi connectivity index (χ2v) is 8.94. The molecule has 0 spiro atoms. The normalized spacial score (nSPS) is 18.7. The number of thiophene rings is 1. The van der Waals surface area contributed by atoms with Crippen molar-refractivity contribution < 1.29 is 17.9 Å². The number of nitrogens with zero attached hydrogens (tertiary/aromatic N) is 1. The minimum absolute atomic E-state index is 0.185. The summed E-state index contributed by atoms with van der Waals surface area (Å²) < 4.78 is 32.3. The minimum atomic E-state index is -3.52. The van der Waals surface area contributed by atoms with E-state index in [0.717, 1.165) is 0 Å². The van der Waals surface area contributed by atoms with Crippen LogP contribution in [0.25, 0.3) is 0 Å². The predicted molar refractivity (Wildman–Crippen MR) is 97.4 cm³/mol. The van der Waals surface area contributed by atoms with Gasteiger partial charge in [-0.15, -0.1) is 11.3 Å². The number of amides is 1. The Hall–Kier alpha value is -1.90. The van der Waals surface area contributed by atoms with Gasteiger partial charge in [-0.05, 0) is 36.4 Å². The molecule has 2 aromatic rings. The van der Waals surface area contributed by atoms with Crippen LogP contribution in [0.1, 0.15) is 12.8 Å². The topological polar surface area (TPSA) is 75.7 Å². The third-order valence-electron chi connectivity index (χ3n) is 4.21. The quantitative estimate of drug-likeness (QED) is 0.865. The first-order valence-corrected chi connectivity index (χ1v) is 10.3. The smallest absolute Gasteiger partial charge is 0.252 e. The van der Waals surface area contributed by atoms with Gasteiger partial charge >= 0.3 is 0 Å². The van der Waals surface area contributed by atoms with Crippen LogP contribution in [0.5, 0.6) is 5.75 Å². The van der Waals surface area contributed by atoms with E-state index in [1.807, 2.05) is 12.1 Å². The fourth-order valence-corrected chi connectivity index (χ4v) is 5.56. The summed E-state index contributed by atoms with van der Waals surface area (Å²) >= 11 is 1.19. The van der Waals surface area contributed by atoms with Crippen LogP contribution >= 0.6 is 11.3 Å². The standard InChI is InChI=1S/C17H20N2O4S2/c1-23-15-8-3-2-7-14(15)18-17(20)13-6-4-10-19(12-13)25(21,22)16-9-5-11-24-16/h2-3,5,7-9,11,13H,4,6,10,12H2,1H3,(H,18,20). The van der Waals surface area contributed by atoms with Crippen molar-refractivity contribution in [3.8, 4) is 5.75 Å². The molecule has 1 unspecified atom stereocenters. The molecule has 1 N–H and O–H groups in total. The van der Waals surface area contributed by atoms with E-state index in [2.05, 4.69) is 5.32 Å². The van der Waals surface area contributed by atoms with E-state index in [0.29, 0.717) is 35.0 Å². The maximum absolute atomic E-state index is 12.7. The van der Waals surface area contributed by atoms with Gasteiger partial charge in [-0.2, -0.15) is 4.31 Å².